The fraction of sp³-hybridized carbons (Fsp3) is 0.348. The number of benzene rings is 1. The molecule has 8 nitrogen and oxygen atoms in total. The van der Waals surface area contributed by atoms with E-state index < -0.39 is 12.1 Å². The summed E-state index contributed by atoms with van der Waals surface area (Å²) in [5, 5.41) is 16.7. The number of carbonyl (C=O) groups is 2. The molecule has 2 N–H and O–H groups in total. The van der Waals surface area contributed by atoms with Gasteiger partial charge >= 0.3 is 0 Å². The molecule has 0 aliphatic carbocycles. The lowest BCUT2D eigenvalue weighted by molar-refractivity contribution is -0.138. The number of aromatic nitrogens is 2. The average Bonchev–Trinajstić information content (AvgIpc) is 3.46. The zero-order valence-electron chi connectivity index (χ0n) is 17.6. The Morgan fingerprint density at radius 1 is 1.26 bits per heavy atom. The highest BCUT2D eigenvalue weighted by atomic mass is 16.5. The van der Waals surface area contributed by atoms with Crippen LogP contribution in [0.5, 0.6) is 0 Å². The van der Waals surface area contributed by atoms with Crippen molar-refractivity contribution in [1.29, 1.82) is 0 Å². The summed E-state index contributed by atoms with van der Waals surface area (Å²) in [4.78, 5) is 26.9. The molecule has 4 rings (SSSR count). The second kappa shape index (κ2) is 8.77. The highest BCUT2D eigenvalue weighted by molar-refractivity contribution is 5.89. The SMILES string of the molecule is Cc1cc(CC(=O)N2CC(O)CC2C(=O)NCc2ccc(-c3cccn3C)cc2)on1. The number of aliphatic hydroxyl groups is 1. The van der Waals surface area contributed by atoms with Gasteiger partial charge in [-0.3, -0.25) is 9.59 Å². The van der Waals surface area contributed by atoms with E-state index in [1.165, 1.54) is 4.90 Å². The van der Waals surface area contributed by atoms with Crippen molar-refractivity contribution in [3.8, 4) is 11.3 Å². The van der Waals surface area contributed by atoms with Crippen LogP contribution in [-0.2, 0) is 29.6 Å². The second-order valence-corrected chi connectivity index (χ2v) is 7.98. The van der Waals surface area contributed by atoms with Crippen molar-refractivity contribution in [2.45, 2.75) is 38.5 Å². The topological polar surface area (TPSA) is 101 Å². The standard InChI is InChI=1S/C23H26N4O4/c1-15-10-19(31-25-15)12-22(29)27-14-18(28)11-21(27)23(30)24-13-16-5-7-17(8-6-16)20-4-3-9-26(20)2/h3-10,18,21,28H,11-14H2,1-2H3,(H,24,30). The van der Waals surface area contributed by atoms with Gasteiger partial charge in [-0.1, -0.05) is 29.4 Å². The summed E-state index contributed by atoms with van der Waals surface area (Å²) < 4.78 is 7.15. The Kier molecular flexibility index (Phi) is 5.90. The van der Waals surface area contributed by atoms with Crippen molar-refractivity contribution in [2.75, 3.05) is 6.54 Å². The number of aliphatic hydroxyl groups excluding tert-OH is 1. The maximum Gasteiger partial charge on any atom is 0.243 e. The van der Waals surface area contributed by atoms with Crippen molar-refractivity contribution >= 4 is 11.8 Å². The van der Waals surface area contributed by atoms with E-state index in [-0.39, 0.29) is 31.2 Å². The molecule has 1 aliphatic rings. The largest absolute Gasteiger partial charge is 0.391 e. The molecular weight excluding hydrogens is 396 g/mol. The predicted octanol–water partition coefficient (Wildman–Crippen LogP) is 1.81. The molecule has 1 fully saturated rings. The number of hydrogen-bond acceptors (Lipinski definition) is 5. The zero-order chi connectivity index (χ0) is 22.0. The molecular formula is C23H26N4O4. The summed E-state index contributed by atoms with van der Waals surface area (Å²) in [6, 6.07) is 13.0. The van der Waals surface area contributed by atoms with Gasteiger partial charge in [0.2, 0.25) is 11.8 Å². The maximum atomic E-state index is 12.8. The van der Waals surface area contributed by atoms with E-state index in [0.717, 1.165) is 16.8 Å². The molecule has 162 valence electrons. The van der Waals surface area contributed by atoms with Crippen LogP contribution in [0, 0.1) is 6.92 Å². The third-order valence-electron chi connectivity index (χ3n) is 5.56. The summed E-state index contributed by atoms with van der Waals surface area (Å²) >= 11 is 0. The Bertz CT molecular complexity index is 1070. The van der Waals surface area contributed by atoms with Crippen LogP contribution in [0.4, 0.5) is 0 Å². The van der Waals surface area contributed by atoms with E-state index in [2.05, 4.69) is 10.5 Å². The Balaban J connectivity index is 1.36. The molecule has 31 heavy (non-hydrogen) atoms. The number of aryl methyl sites for hydroxylation is 2. The minimum atomic E-state index is -0.722. The summed E-state index contributed by atoms with van der Waals surface area (Å²) in [6.45, 7) is 2.26. The number of nitrogens with one attached hydrogen (secondary N) is 1. The molecule has 1 aliphatic heterocycles. The van der Waals surface area contributed by atoms with Gasteiger partial charge in [-0.05, 0) is 30.2 Å². The van der Waals surface area contributed by atoms with Crippen LogP contribution in [0.25, 0.3) is 11.3 Å². The van der Waals surface area contributed by atoms with Crippen LogP contribution in [0.15, 0.2) is 53.2 Å². The maximum absolute atomic E-state index is 12.8. The van der Waals surface area contributed by atoms with E-state index in [1.807, 2.05) is 54.2 Å². The highest BCUT2D eigenvalue weighted by Crippen LogP contribution is 2.21. The minimum absolute atomic E-state index is 0.0119. The van der Waals surface area contributed by atoms with Gasteiger partial charge < -0.3 is 24.4 Å². The van der Waals surface area contributed by atoms with Crippen LogP contribution in [0.1, 0.15) is 23.4 Å². The van der Waals surface area contributed by atoms with Crippen LogP contribution in [0.3, 0.4) is 0 Å². The molecule has 2 aromatic heterocycles. The fourth-order valence-corrected chi connectivity index (χ4v) is 3.95. The van der Waals surface area contributed by atoms with Crippen LogP contribution in [0.2, 0.25) is 0 Å². The zero-order valence-corrected chi connectivity index (χ0v) is 17.6. The molecule has 1 aromatic carbocycles. The molecule has 2 atom stereocenters. The molecule has 0 spiro atoms. The summed E-state index contributed by atoms with van der Waals surface area (Å²) in [7, 11) is 2.00. The number of hydrogen-bond donors (Lipinski definition) is 2. The minimum Gasteiger partial charge on any atom is -0.391 e. The van der Waals surface area contributed by atoms with Crippen LogP contribution >= 0.6 is 0 Å². The normalized spacial score (nSPS) is 18.4. The summed E-state index contributed by atoms with van der Waals surface area (Å²) in [5.74, 6) is -0.0914. The molecule has 3 heterocycles. The van der Waals surface area contributed by atoms with Gasteiger partial charge in [0.05, 0.1) is 18.2 Å². The number of likely N-dealkylation sites (tertiary alicyclic amines) is 1. The number of carbonyl (C=O) groups excluding carboxylic acids is 2. The number of rotatable bonds is 6. The van der Waals surface area contributed by atoms with E-state index in [9.17, 15) is 14.7 Å². The monoisotopic (exact) mass is 422 g/mol. The average molecular weight is 422 g/mol. The molecule has 1 saturated heterocycles. The Labute approximate surface area is 180 Å². The summed E-state index contributed by atoms with van der Waals surface area (Å²) in [6.07, 6.45) is 1.51. The first-order valence-electron chi connectivity index (χ1n) is 10.3. The Morgan fingerprint density at radius 3 is 2.68 bits per heavy atom. The number of amides is 2. The predicted molar refractivity (Wildman–Crippen MR) is 114 cm³/mol. The molecule has 0 radical (unpaired) electrons. The molecule has 2 unspecified atom stereocenters. The van der Waals surface area contributed by atoms with E-state index in [1.54, 1.807) is 13.0 Å². The van der Waals surface area contributed by atoms with Crippen molar-refractivity contribution in [3.05, 3.63) is 65.7 Å². The van der Waals surface area contributed by atoms with Gasteiger partial charge in [-0.2, -0.15) is 0 Å². The van der Waals surface area contributed by atoms with Crippen LogP contribution < -0.4 is 5.32 Å². The molecule has 2 amide bonds. The van der Waals surface area contributed by atoms with Gasteiger partial charge in [-0.15, -0.1) is 0 Å². The fourth-order valence-electron chi connectivity index (χ4n) is 3.95. The second-order valence-electron chi connectivity index (χ2n) is 7.98. The van der Waals surface area contributed by atoms with Gasteiger partial charge in [0, 0.05) is 44.5 Å². The lowest BCUT2D eigenvalue weighted by Crippen LogP contribution is -2.46. The van der Waals surface area contributed by atoms with Crippen molar-refractivity contribution in [2.24, 2.45) is 7.05 Å². The highest BCUT2D eigenvalue weighted by Gasteiger charge is 2.38. The number of β-amino-alcohol motifs (C(OH)–C–C–N with tert-alkyl or cyclic N) is 1. The molecule has 0 saturated carbocycles. The first-order chi connectivity index (χ1) is 14.9. The van der Waals surface area contributed by atoms with Crippen molar-refractivity contribution in [1.82, 2.24) is 19.9 Å². The Morgan fingerprint density at radius 2 is 2.03 bits per heavy atom. The van der Waals surface area contributed by atoms with Crippen molar-refractivity contribution in [3.63, 3.8) is 0 Å². The lowest BCUT2D eigenvalue weighted by atomic mass is 10.1. The van der Waals surface area contributed by atoms with Gasteiger partial charge in [0.25, 0.3) is 0 Å². The lowest BCUT2D eigenvalue weighted by Gasteiger charge is -2.23. The molecule has 8 heteroatoms. The molecule has 3 aromatic rings. The number of nitrogens with zero attached hydrogens (tertiary/aromatic N) is 3. The van der Waals surface area contributed by atoms with Crippen LogP contribution in [-0.4, -0.2) is 50.2 Å². The van der Waals surface area contributed by atoms with E-state index in [0.29, 0.717) is 18.0 Å². The first-order valence-corrected chi connectivity index (χ1v) is 10.3. The van der Waals surface area contributed by atoms with Gasteiger partial charge in [0.15, 0.2) is 0 Å². The van der Waals surface area contributed by atoms with Gasteiger partial charge in [-0.25, -0.2) is 0 Å². The van der Waals surface area contributed by atoms with Crippen molar-refractivity contribution < 1.29 is 19.2 Å². The van der Waals surface area contributed by atoms with E-state index in [4.69, 9.17) is 4.52 Å². The third kappa shape index (κ3) is 4.69. The molecule has 0 bridgehead atoms. The van der Waals surface area contributed by atoms with Gasteiger partial charge in [0.1, 0.15) is 11.8 Å². The quantitative estimate of drug-likeness (QED) is 0.631. The summed E-state index contributed by atoms with van der Waals surface area (Å²) in [5.41, 5.74) is 3.86. The van der Waals surface area contributed by atoms with E-state index >= 15 is 0 Å². The Hall–Kier alpha value is -3.39. The third-order valence-corrected chi connectivity index (χ3v) is 5.56. The first kappa shape index (κ1) is 20.9. The smallest absolute Gasteiger partial charge is 0.243 e.